The summed E-state index contributed by atoms with van der Waals surface area (Å²) in [6.07, 6.45) is 1.68. The minimum Gasteiger partial charge on any atom is -0.384 e. The second-order valence-corrected chi connectivity index (χ2v) is 4.94. The van der Waals surface area contributed by atoms with Crippen LogP contribution in [0.15, 0.2) is 34.9 Å². The standard InChI is InChI=1S/C12H11BrClN3/c1-7-4-9(13)11(5-10(7)14)17-8-2-3-12(15)16-6-8/h2-6,17H,1H3,(H2,15,16). The highest BCUT2D eigenvalue weighted by Crippen LogP contribution is 2.31. The molecule has 0 saturated carbocycles. The monoisotopic (exact) mass is 311 g/mol. The molecule has 0 aliphatic heterocycles. The van der Waals surface area contributed by atoms with Crippen molar-refractivity contribution in [1.29, 1.82) is 0 Å². The molecule has 0 spiro atoms. The first-order chi connectivity index (χ1) is 8.06. The molecule has 3 N–H and O–H groups in total. The van der Waals surface area contributed by atoms with E-state index in [1.54, 1.807) is 12.3 Å². The van der Waals surface area contributed by atoms with Gasteiger partial charge >= 0.3 is 0 Å². The Labute approximate surface area is 113 Å². The Morgan fingerprint density at radius 2 is 2.12 bits per heavy atom. The molecule has 1 heterocycles. The number of nitrogens with zero attached hydrogens (tertiary/aromatic N) is 1. The van der Waals surface area contributed by atoms with E-state index in [0.717, 1.165) is 26.4 Å². The van der Waals surface area contributed by atoms with Gasteiger partial charge in [0.05, 0.1) is 17.6 Å². The van der Waals surface area contributed by atoms with Crippen LogP contribution in [0.2, 0.25) is 5.02 Å². The van der Waals surface area contributed by atoms with E-state index in [-0.39, 0.29) is 0 Å². The molecule has 88 valence electrons. The molecule has 0 amide bonds. The first-order valence-electron chi connectivity index (χ1n) is 5.00. The molecule has 0 radical (unpaired) electrons. The van der Waals surface area contributed by atoms with Gasteiger partial charge in [-0.3, -0.25) is 0 Å². The SMILES string of the molecule is Cc1cc(Br)c(Nc2ccc(N)nc2)cc1Cl. The number of nitrogen functional groups attached to an aromatic ring is 1. The van der Waals surface area contributed by atoms with E-state index in [0.29, 0.717) is 5.82 Å². The number of anilines is 3. The largest absolute Gasteiger partial charge is 0.384 e. The Morgan fingerprint density at radius 1 is 1.35 bits per heavy atom. The topological polar surface area (TPSA) is 50.9 Å². The van der Waals surface area contributed by atoms with Crippen LogP contribution in [0, 0.1) is 6.92 Å². The minimum atomic E-state index is 0.497. The number of halogens is 2. The zero-order chi connectivity index (χ0) is 12.4. The fourth-order valence-electron chi connectivity index (χ4n) is 1.38. The van der Waals surface area contributed by atoms with Crippen LogP contribution >= 0.6 is 27.5 Å². The highest BCUT2D eigenvalue weighted by molar-refractivity contribution is 9.10. The van der Waals surface area contributed by atoms with Crippen molar-refractivity contribution in [2.45, 2.75) is 6.92 Å². The van der Waals surface area contributed by atoms with Crippen molar-refractivity contribution in [3.8, 4) is 0 Å². The van der Waals surface area contributed by atoms with Crippen molar-refractivity contribution in [1.82, 2.24) is 4.98 Å². The highest BCUT2D eigenvalue weighted by atomic mass is 79.9. The Kier molecular flexibility index (Phi) is 3.54. The molecule has 0 bridgehead atoms. The second-order valence-electron chi connectivity index (χ2n) is 3.68. The third-order valence-electron chi connectivity index (χ3n) is 2.31. The molecule has 5 heteroatoms. The van der Waals surface area contributed by atoms with E-state index in [4.69, 9.17) is 17.3 Å². The van der Waals surface area contributed by atoms with Crippen molar-refractivity contribution < 1.29 is 0 Å². The maximum Gasteiger partial charge on any atom is 0.123 e. The molecule has 2 rings (SSSR count). The quantitative estimate of drug-likeness (QED) is 0.876. The van der Waals surface area contributed by atoms with Crippen LogP contribution in [0.5, 0.6) is 0 Å². The lowest BCUT2D eigenvalue weighted by Gasteiger charge is -2.10. The highest BCUT2D eigenvalue weighted by Gasteiger charge is 2.04. The van der Waals surface area contributed by atoms with Crippen molar-refractivity contribution in [2.75, 3.05) is 11.1 Å². The molecule has 1 aromatic heterocycles. The summed E-state index contributed by atoms with van der Waals surface area (Å²) >= 11 is 9.57. The normalized spacial score (nSPS) is 10.3. The van der Waals surface area contributed by atoms with Gasteiger partial charge in [-0.15, -0.1) is 0 Å². The molecule has 17 heavy (non-hydrogen) atoms. The van der Waals surface area contributed by atoms with Gasteiger partial charge in [0.2, 0.25) is 0 Å². The predicted molar refractivity (Wildman–Crippen MR) is 75.8 cm³/mol. The van der Waals surface area contributed by atoms with E-state index < -0.39 is 0 Å². The van der Waals surface area contributed by atoms with Gasteiger partial charge < -0.3 is 11.1 Å². The van der Waals surface area contributed by atoms with E-state index in [2.05, 4.69) is 26.2 Å². The minimum absolute atomic E-state index is 0.497. The fourth-order valence-corrected chi connectivity index (χ4v) is 2.10. The number of pyridine rings is 1. The number of nitrogens with two attached hydrogens (primary N) is 1. The smallest absolute Gasteiger partial charge is 0.123 e. The summed E-state index contributed by atoms with van der Waals surface area (Å²) in [6.45, 7) is 1.96. The lowest BCUT2D eigenvalue weighted by atomic mass is 10.2. The Morgan fingerprint density at radius 3 is 2.76 bits per heavy atom. The molecule has 3 nitrogen and oxygen atoms in total. The number of aromatic nitrogens is 1. The van der Waals surface area contributed by atoms with Gasteiger partial charge in [-0.1, -0.05) is 11.6 Å². The first kappa shape index (κ1) is 12.2. The number of rotatable bonds is 2. The van der Waals surface area contributed by atoms with Crippen LogP contribution in [0.25, 0.3) is 0 Å². The molecule has 0 saturated heterocycles. The Bertz CT molecular complexity index is 540. The van der Waals surface area contributed by atoms with Crippen molar-refractivity contribution in [3.05, 3.63) is 45.5 Å². The molecule has 0 unspecified atom stereocenters. The number of hydrogen-bond acceptors (Lipinski definition) is 3. The van der Waals surface area contributed by atoms with Crippen molar-refractivity contribution in [2.24, 2.45) is 0 Å². The maximum atomic E-state index is 6.08. The summed E-state index contributed by atoms with van der Waals surface area (Å²) in [7, 11) is 0. The van der Waals surface area contributed by atoms with Gasteiger partial charge in [0.1, 0.15) is 5.82 Å². The molecule has 1 aromatic carbocycles. The van der Waals surface area contributed by atoms with Gasteiger partial charge in [-0.25, -0.2) is 4.98 Å². The number of hydrogen-bond donors (Lipinski definition) is 2. The predicted octanol–water partition coefficient (Wildman–Crippen LogP) is 4.13. The summed E-state index contributed by atoms with van der Waals surface area (Å²) in [5, 5.41) is 3.94. The van der Waals surface area contributed by atoms with Crippen LogP contribution < -0.4 is 11.1 Å². The average molecular weight is 313 g/mol. The molecule has 0 fully saturated rings. The first-order valence-corrected chi connectivity index (χ1v) is 6.17. The van der Waals surface area contributed by atoms with Crippen molar-refractivity contribution >= 4 is 44.7 Å². The van der Waals surface area contributed by atoms with Crippen LogP contribution in [-0.4, -0.2) is 4.98 Å². The van der Waals surface area contributed by atoms with Crippen molar-refractivity contribution in [3.63, 3.8) is 0 Å². The van der Waals surface area contributed by atoms with Gasteiger partial charge in [0.15, 0.2) is 0 Å². The fraction of sp³-hybridized carbons (Fsp3) is 0.0833. The van der Waals surface area contributed by atoms with Gasteiger partial charge in [-0.05, 0) is 52.7 Å². The lowest BCUT2D eigenvalue weighted by Crippen LogP contribution is -1.95. The van der Waals surface area contributed by atoms with E-state index in [1.165, 1.54) is 0 Å². The van der Waals surface area contributed by atoms with Crippen LogP contribution in [0.4, 0.5) is 17.2 Å². The molecule has 2 aromatic rings. The maximum absolute atomic E-state index is 6.08. The average Bonchev–Trinajstić information content (AvgIpc) is 2.29. The molecule has 0 aliphatic rings. The number of benzene rings is 1. The zero-order valence-corrected chi connectivity index (χ0v) is 11.5. The summed E-state index contributed by atoms with van der Waals surface area (Å²) in [5.74, 6) is 0.497. The molecule has 0 atom stereocenters. The van der Waals surface area contributed by atoms with Gasteiger partial charge in [0.25, 0.3) is 0 Å². The summed E-state index contributed by atoms with van der Waals surface area (Å²) < 4.78 is 0.955. The lowest BCUT2D eigenvalue weighted by molar-refractivity contribution is 1.32. The summed E-state index contributed by atoms with van der Waals surface area (Å²) in [5.41, 5.74) is 8.31. The number of aryl methyl sites for hydroxylation is 1. The Balaban J connectivity index is 2.30. The summed E-state index contributed by atoms with van der Waals surface area (Å²) in [6, 6.07) is 7.45. The van der Waals surface area contributed by atoms with Gasteiger partial charge in [-0.2, -0.15) is 0 Å². The van der Waals surface area contributed by atoms with E-state index in [9.17, 15) is 0 Å². The Hall–Kier alpha value is -1.26. The molecular weight excluding hydrogens is 302 g/mol. The van der Waals surface area contributed by atoms with E-state index in [1.807, 2.05) is 25.1 Å². The second kappa shape index (κ2) is 4.94. The number of nitrogens with one attached hydrogen (secondary N) is 1. The van der Waals surface area contributed by atoms with Crippen LogP contribution in [-0.2, 0) is 0 Å². The third-order valence-corrected chi connectivity index (χ3v) is 3.38. The third kappa shape index (κ3) is 2.90. The van der Waals surface area contributed by atoms with Gasteiger partial charge in [0, 0.05) is 9.50 Å². The zero-order valence-electron chi connectivity index (χ0n) is 9.17. The summed E-state index contributed by atoms with van der Waals surface area (Å²) in [4.78, 5) is 4.01. The van der Waals surface area contributed by atoms with Crippen LogP contribution in [0.1, 0.15) is 5.56 Å². The molecular formula is C12H11BrClN3. The van der Waals surface area contributed by atoms with E-state index >= 15 is 0 Å². The van der Waals surface area contributed by atoms with Crippen LogP contribution in [0.3, 0.4) is 0 Å². The molecule has 0 aliphatic carbocycles.